The number of halogens is 4. The number of nitrogens with zero attached hydrogens (tertiary/aromatic N) is 3. The van der Waals surface area contributed by atoms with E-state index in [0.717, 1.165) is 29.0 Å². The first kappa shape index (κ1) is 21.6. The quantitative estimate of drug-likeness (QED) is 0.648. The summed E-state index contributed by atoms with van der Waals surface area (Å²) >= 11 is 0. The van der Waals surface area contributed by atoms with Crippen molar-refractivity contribution < 1.29 is 23.1 Å². The lowest BCUT2D eigenvalue weighted by atomic mass is 10.1. The monoisotopic (exact) mass is 440 g/mol. The molecule has 3 heterocycles. The summed E-state index contributed by atoms with van der Waals surface area (Å²) in [6, 6.07) is 3.39. The van der Waals surface area contributed by atoms with Crippen LogP contribution in [0.4, 0.5) is 19.0 Å². The second kappa shape index (κ2) is 7.96. The molecule has 0 bridgehead atoms. The standard InChI is InChI=1S/C19H15F3N4O3.ClH/c20-9-1-2-15(13(21)5-9)26-8-12(19(28)29)16(27)11-6-14(22)18(24-17(11)26)25-4-3-10(23)7-25;/h1-2,5-6,8,10H,3-4,7,23H2,(H,28,29);1H/t10-;/m1./s1. The van der Waals surface area contributed by atoms with Crippen LogP contribution < -0.4 is 16.1 Å². The van der Waals surface area contributed by atoms with Crippen molar-refractivity contribution in [2.24, 2.45) is 5.73 Å². The van der Waals surface area contributed by atoms with E-state index in [0.29, 0.717) is 25.6 Å². The number of carboxylic acid groups (broad SMARTS) is 1. The van der Waals surface area contributed by atoms with Crippen LogP contribution in [-0.4, -0.2) is 39.8 Å². The Kier molecular flexibility index (Phi) is 5.73. The number of aromatic carboxylic acids is 1. The van der Waals surface area contributed by atoms with E-state index < -0.39 is 34.4 Å². The van der Waals surface area contributed by atoms with Crippen molar-refractivity contribution >= 4 is 35.2 Å². The lowest BCUT2D eigenvalue weighted by Gasteiger charge is -2.19. The number of hydrogen-bond acceptors (Lipinski definition) is 5. The molecule has 11 heteroatoms. The summed E-state index contributed by atoms with van der Waals surface area (Å²) < 4.78 is 43.5. The highest BCUT2D eigenvalue weighted by atomic mass is 35.5. The SMILES string of the molecule is Cl.N[C@@H]1CCN(c2nc3c(cc2F)c(=O)c(C(=O)O)cn3-c2ccc(F)cc2F)C1. The van der Waals surface area contributed by atoms with Crippen molar-refractivity contribution in [2.45, 2.75) is 12.5 Å². The summed E-state index contributed by atoms with van der Waals surface area (Å²) in [6.45, 7) is 0.788. The van der Waals surface area contributed by atoms with E-state index in [-0.39, 0.29) is 41.0 Å². The molecule has 0 saturated carbocycles. The van der Waals surface area contributed by atoms with Crippen LogP contribution in [0.3, 0.4) is 0 Å². The molecule has 0 unspecified atom stereocenters. The van der Waals surface area contributed by atoms with Gasteiger partial charge in [-0.2, -0.15) is 0 Å². The Morgan fingerprint density at radius 1 is 1.20 bits per heavy atom. The van der Waals surface area contributed by atoms with Crippen molar-refractivity contribution in [3.8, 4) is 5.69 Å². The van der Waals surface area contributed by atoms with E-state index in [1.165, 1.54) is 0 Å². The Balaban J connectivity index is 0.00000256. The summed E-state index contributed by atoms with van der Waals surface area (Å²) in [5.74, 6) is -4.30. The zero-order valence-corrected chi connectivity index (χ0v) is 16.1. The third-order valence-corrected chi connectivity index (χ3v) is 4.84. The average molecular weight is 441 g/mol. The second-order valence-corrected chi connectivity index (χ2v) is 6.80. The molecule has 1 aromatic carbocycles. The topological polar surface area (TPSA) is 101 Å². The number of fused-ring (bicyclic) bond motifs is 1. The number of rotatable bonds is 3. The molecule has 7 nitrogen and oxygen atoms in total. The first-order valence-corrected chi connectivity index (χ1v) is 8.71. The number of nitrogens with two attached hydrogens (primary N) is 1. The summed E-state index contributed by atoms with van der Waals surface area (Å²) in [6.07, 6.45) is 1.52. The first-order valence-electron chi connectivity index (χ1n) is 8.71. The van der Waals surface area contributed by atoms with Gasteiger partial charge in [-0.3, -0.25) is 9.36 Å². The normalized spacial score (nSPS) is 16.0. The summed E-state index contributed by atoms with van der Waals surface area (Å²) in [7, 11) is 0. The summed E-state index contributed by atoms with van der Waals surface area (Å²) in [5, 5.41) is 9.00. The zero-order valence-electron chi connectivity index (χ0n) is 15.3. The summed E-state index contributed by atoms with van der Waals surface area (Å²) in [4.78, 5) is 29.8. The van der Waals surface area contributed by atoms with Gasteiger partial charge in [0.05, 0.1) is 11.1 Å². The molecule has 1 saturated heterocycles. The Morgan fingerprint density at radius 2 is 1.93 bits per heavy atom. The fourth-order valence-electron chi connectivity index (χ4n) is 3.43. The van der Waals surface area contributed by atoms with Crippen molar-refractivity contribution in [2.75, 3.05) is 18.0 Å². The average Bonchev–Trinajstić information content (AvgIpc) is 3.08. The first-order chi connectivity index (χ1) is 13.8. The third-order valence-electron chi connectivity index (χ3n) is 4.84. The van der Waals surface area contributed by atoms with Crippen molar-refractivity contribution in [3.05, 3.63) is 63.7 Å². The molecule has 0 amide bonds. The van der Waals surface area contributed by atoms with Crippen molar-refractivity contribution in [1.82, 2.24) is 9.55 Å². The van der Waals surface area contributed by atoms with Gasteiger partial charge in [-0.05, 0) is 24.6 Å². The van der Waals surface area contributed by atoms with Crippen LogP contribution in [0, 0.1) is 17.5 Å². The molecule has 0 aliphatic carbocycles. The third kappa shape index (κ3) is 3.59. The Labute approximate surface area is 174 Å². The van der Waals surface area contributed by atoms with Crippen LogP contribution in [-0.2, 0) is 0 Å². The van der Waals surface area contributed by atoms with E-state index in [9.17, 15) is 27.9 Å². The highest BCUT2D eigenvalue weighted by Gasteiger charge is 2.26. The number of aromatic nitrogens is 2. The van der Waals surface area contributed by atoms with Crippen LogP contribution in [0.15, 0.2) is 35.3 Å². The number of carbonyl (C=O) groups is 1. The smallest absolute Gasteiger partial charge is 0.341 e. The maximum Gasteiger partial charge on any atom is 0.341 e. The van der Waals surface area contributed by atoms with Gasteiger partial charge in [0.15, 0.2) is 17.3 Å². The minimum absolute atomic E-state index is 0. The van der Waals surface area contributed by atoms with E-state index >= 15 is 0 Å². The number of anilines is 1. The van der Waals surface area contributed by atoms with Gasteiger partial charge in [0.2, 0.25) is 5.43 Å². The lowest BCUT2D eigenvalue weighted by molar-refractivity contribution is 0.0695. The Morgan fingerprint density at radius 3 is 2.53 bits per heavy atom. The van der Waals surface area contributed by atoms with Crippen molar-refractivity contribution in [3.63, 3.8) is 0 Å². The number of hydrogen-bond donors (Lipinski definition) is 2. The van der Waals surface area contributed by atoms with E-state index in [4.69, 9.17) is 5.73 Å². The molecule has 158 valence electrons. The van der Waals surface area contributed by atoms with E-state index in [1.807, 2.05) is 0 Å². The van der Waals surface area contributed by atoms with Gasteiger partial charge in [-0.1, -0.05) is 0 Å². The van der Waals surface area contributed by atoms with Gasteiger partial charge in [0.1, 0.15) is 17.2 Å². The fraction of sp³-hybridized carbons (Fsp3) is 0.211. The zero-order chi connectivity index (χ0) is 20.9. The van der Waals surface area contributed by atoms with E-state index in [1.54, 1.807) is 4.90 Å². The highest BCUT2D eigenvalue weighted by molar-refractivity contribution is 5.92. The summed E-state index contributed by atoms with van der Waals surface area (Å²) in [5.41, 5.74) is 3.82. The van der Waals surface area contributed by atoms with Gasteiger partial charge < -0.3 is 15.7 Å². The second-order valence-electron chi connectivity index (χ2n) is 6.80. The molecule has 1 aliphatic rings. The van der Waals surface area contributed by atoms with E-state index in [2.05, 4.69) is 4.98 Å². The van der Waals surface area contributed by atoms with Gasteiger partial charge >= 0.3 is 5.97 Å². The molecule has 0 radical (unpaired) electrons. The molecule has 3 aromatic rings. The maximum absolute atomic E-state index is 14.7. The minimum atomic E-state index is -1.57. The molecular weight excluding hydrogens is 425 g/mol. The Bertz CT molecular complexity index is 1220. The predicted octanol–water partition coefficient (Wildman–Crippen LogP) is 2.46. The molecule has 1 aliphatic heterocycles. The van der Waals surface area contributed by atoms with Gasteiger partial charge in [0.25, 0.3) is 0 Å². The molecule has 1 fully saturated rings. The molecule has 4 rings (SSSR count). The predicted molar refractivity (Wildman–Crippen MR) is 106 cm³/mol. The van der Waals surface area contributed by atoms with Crippen LogP contribution in [0.1, 0.15) is 16.8 Å². The molecule has 0 spiro atoms. The molecule has 30 heavy (non-hydrogen) atoms. The maximum atomic E-state index is 14.7. The number of benzene rings is 1. The van der Waals surface area contributed by atoms with Crippen LogP contribution in [0.2, 0.25) is 0 Å². The van der Waals surface area contributed by atoms with Crippen LogP contribution >= 0.6 is 12.4 Å². The van der Waals surface area contributed by atoms with Gasteiger partial charge in [-0.15, -0.1) is 12.4 Å². The van der Waals surface area contributed by atoms with Crippen LogP contribution in [0.25, 0.3) is 16.7 Å². The fourth-order valence-corrected chi connectivity index (χ4v) is 3.43. The minimum Gasteiger partial charge on any atom is -0.477 e. The van der Waals surface area contributed by atoms with Crippen molar-refractivity contribution in [1.29, 1.82) is 0 Å². The lowest BCUT2D eigenvalue weighted by Crippen LogP contribution is -2.28. The molecule has 2 aromatic heterocycles. The molecular formula is C19H16ClF3N4O3. The highest BCUT2D eigenvalue weighted by Crippen LogP contribution is 2.26. The largest absolute Gasteiger partial charge is 0.477 e. The Hall–Kier alpha value is -3.11. The van der Waals surface area contributed by atoms with Crippen LogP contribution in [0.5, 0.6) is 0 Å². The molecule has 3 N–H and O–H groups in total. The number of carboxylic acids is 1. The molecule has 1 atom stereocenters. The number of pyridine rings is 2. The van der Waals surface area contributed by atoms with Gasteiger partial charge in [0, 0.05) is 31.4 Å². The van der Waals surface area contributed by atoms with Gasteiger partial charge in [-0.25, -0.2) is 22.9 Å².